The normalized spacial score (nSPS) is 14.4. The first-order valence-electron chi connectivity index (χ1n) is 12.6. The number of nitrogens with one attached hydrogen (secondary N) is 1. The smallest absolute Gasteiger partial charge is 0.250 e. The number of pyridine rings is 1. The maximum atomic E-state index is 12.2. The maximum absolute atomic E-state index is 12.2. The second-order valence-corrected chi connectivity index (χ2v) is 9.69. The second-order valence-electron chi connectivity index (χ2n) is 9.69. The molecule has 36 heavy (non-hydrogen) atoms. The lowest BCUT2D eigenvalue weighted by Crippen LogP contribution is -2.24. The summed E-state index contributed by atoms with van der Waals surface area (Å²) in [6.07, 6.45) is 7.83. The van der Waals surface area contributed by atoms with Crippen molar-refractivity contribution >= 4 is 33.4 Å². The van der Waals surface area contributed by atoms with Crippen LogP contribution in [0.2, 0.25) is 0 Å². The summed E-state index contributed by atoms with van der Waals surface area (Å²) in [4.78, 5) is 16.8. The molecule has 6 nitrogen and oxygen atoms in total. The fourth-order valence-electron chi connectivity index (χ4n) is 5.47. The van der Waals surface area contributed by atoms with Crippen molar-refractivity contribution in [1.29, 1.82) is 0 Å². The second kappa shape index (κ2) is 9.11. The zero-order valence-corrected chi connectivity index (χ0v) is 20.4. The van der Waals surface area contributed by atoms with Gasteiger partial charge < -0.3 is 11.1 Å². The van der Waals surface area contributed by atoms with Crippen molar-refractivity contribution < 1.29 is 4.79 Å². The van der Waals surface area contributed by atoms with Crippen LogP contribution in [0.25, 0.3) is 38.6 Å². The molecule has 0 bridgehead atoms. The third kappa shape index (κ3) is 3.98. The summed E-state index contributed by atoms with van der Waals surface area (Å²) in [7, 11) is 0. The summed E-state index contributed by atoms with van der Waals surface area (Å²) in [6.45, 7) is 2.04. The zero-order chi connectivity index (χ0) is 24.6. The Kier molecular flexibility index (Phi) is 5.64. The summed E-state index contributed by atoms with van der Waals surface area (Å²) in [5.74, 6) is -0.424. The van der Waals surface area contributed by atoms with Crippen molar-refractivity contribution in [3.8, 4) is 16.8 Å². The van der Waals surface area contributed by atoms with Crippen molar-refractivity contribution in [2.24, 2.45) is 5.73 Å². The van der Waals surface area contributed by atoms with E-state index in [-0.39, 0.29) is 0 Å². The van der Waals surface area contributed by atoms with Crippen LogP contribution in [0.4, 0.5) is 5.69 Å². The number of fused-ring (bicyclic) bond motifs is 2. The lowest BCUT2D eigenvalue weighted by Gasteiger charge is -2.25. The highest BCUT2D eigenvalue weighted by Crippen LogP contribution is 2.34. The van der Waals surface area contributed by atoms with Gasteiger partial charge in [0, 0.05) is 34.3 Å². The van der Waals surface area contributed by atoms with Gasteiger partial charge in [-0.1, -0.05) is 49.6 Å². The molecule has 0 saturated heterocycles. The van der Waals surface area contributed by atoms with Crippen molar-refractivity contribution in [2.45, 2.75) is 45.1 Å². The number of hydrogen-bond acceptors (Lipinski definition) is 4. The first-order valence-corrected chi connectivity index (χ1v) is 12.6. The monoisotopic (exact) mass is 475 g/mol. The van der Waals surface area contributed by atoms with Gasteiger partial charge in [0.2, 0.25) is 0 Å². The van der Waals surface area contributed by atoms with E-state index in [4.69, 9.17) is 10.8 Å². The molecule has 0 aliphatic heterocycles. The average molecular weight is 476 g/mol. The molecule has 3 N–H and O–H groups in total. The lowest BCUT2D eigenvalue weighted by atomic mass is 9.95. The number of carbonyl (C=O) groups is 1. The lowest BCUT2D eigenvalue weighted by molar-refractivity contribution is 0.100. The molecule has 1 aliphatic carbocycles. The summed E-state index contributed by atoms with van der Waals surface area (Å²) >= 11 is 0. The van der Waals surface area contributed by atoms with E-state index in [1.54, 1.807) is 0 Å². The van der Waals surface area contributed by atoms with Crippen molar-refractivity contribution in [3.05, 3.63) is 84.2 Å². The molecule has 3 aromatic carbocycles. The van der Waals surface area contributed by atoms with Gasteiger partial charge in [-0.25, -0.2) is 4.68 Å². The summed E-state index contributed by atoms with van der Waals surface area (Å²) in [6, 6.07) is 22.7. The van der Waals surface area contributed by atoms with E-state index in [1.807, 2.05) is 54.2 Å². The van der Waals surface area contributed by atoms with Crippen LogP contribution in [0.3, 0.4) is 0 Å². The van der Waals surface area contributed by atoms with E-state index in [9.17, 15) is 4.79 Å². The molecule has 0 unspecified atom stereocenters. The number of nitrogens with zero attached hydrogens (tertiary/aromatic N) is 3. The Morgan fingerprint density at radius 1 is 1.00 bits per heavy atom. The molecular formula is C30H29N5O. The Balaban J connectivity index is 1.45. The van der Waals surface area contributed by atoms with E-state index >= 15 is 0 Å². The molecule has 2 aromatic heterocycles. The maximum Gasteiger partial charge on any atom is 0.250 e. The predicted octanol–water partition coefficient (Wildman–Crippen LogP) is 6.39. The highest BCUT2D eigenvalue weighted by atomic mass is 16.1. The Bertz CT molecular complexity index is 1600. The number of aryl methyl sites for hydroxylation is 1. The summed E-state index contributed by atoms with van der Waals surface area (Å²) < 4.78 is 1.96. The van der Waals surface area contributed by atoms with E-state index < -0.39 is 5.91 Å². The van der Waals surface area contributed by atoms with Gasteiger partial charge in [0.05, 0.1) is 28.0 Å². The molecule has 0 atom stereocenters. The molecular weight excluding hydrogens is 446 g/mol. The molecule has 1 amide bonds. The number of primary amides is 1. The SMILES string of the molecule is Cc1nn(-c2ccc(C(N)=O)c(NC3CCCCC3)c2)c2cccc(-c3cnc4ccccc4c3)c12. The molecule has 6 heteroatoms. The Labute approximate surface area is 210 Å². The van der Waals surface area contributed by atoms with Gasteiger partial charge in [0.15, 0.2) is 0 Å². The largest absolute Gasteiger partial charge is 0.382 e. The van der Waals surface area contributed by atoms with Crippen molar-refractivity contribution in [1.82, 2.24) is 14.8 Å². The number of amides is 1. The number of rotatable bonds is 5. The van der Waals surface area contributed by atoms with Gasteiger partial charge in [-0.2, -0.15) is 5.10 Å². The van der Waals surface area contributed by atoms with Crippen LogP contribution in [-0.2, 0) is 0 Å². The highest BCUT2D eigenvalue weighted by Gasteiger charge is 2.19. The van der Waals surface area contributed by atoms with E-state index in [2.05, 4.69) is 40.6 Å². The standard InChI is InChI=1S/C30H29N5O/c1-19-29-24(21-16-20-8-5-6-12-26(20)32-18-21)11-7-13-28(29)35(34-19)23-14-15-25(30(31)36)27(17-23)33-22-9-3-2-4-10-22/h5-8,11-18,22,33H,2-4,9-10H2,1H3,(H2,31,36). The van der Waals surface area contributed by atoms with Crippen LogP contribution in [0, 0.1) is 6.92 Å². The molecule has 1 fully saturated rings. The van der Waals surface area contributed by atoms with Crippen molar-refractivity contribution in [3.63, 3.8) is 0 Å². The topological polar surface area (TPSA) is 85.8 Å². The molecule has 0 radical (unpaired) electrons. The molecule has 5 aromatic rings. The van der Waals surface area contributed by atoms with Gasteiger partial charge in [-0.3, -0.25) is 9.78 Å². The Morgan fingerprint density at radius 2 is 1.83 bits per heavy atom. The van der Waals surface area contributed by atoms with E-state index in [1.165, 1.54) is 19.3 Å². The molecule has 6 rings (SSSR count). The number of anilines is 1. The third-order valence-corrected chi connectivity index (χ3v) is 7.26. The summed E-state index contributed by atoms with van der Waals surface area (Å²) in [5.41, 5.74) is 13.0. The first kappa shape index (κ1) is 22.3. The third-order valence-electron chi connectivity index (χ3n) is 7.26. The number of hydrogen-bond donors (Lipinski definition) is 2. The quantitative estimate of drug-likeness (QED) is 0.308. The van der Waals surface area contributed by atoms with Gasteiger partial charge in [-0.15, -0.1) is 0 Å². The first-order chi connectivity index (χ1) is 17.6. The van der Waals surface area contributed by atoms with Gasteiger partial charge in [0.25, 0.3) is 5.91 Å². The molecule has 180 valence electrons. The Hall–Kier alpha value is -4.19. The number of benzene rings is 3. The summed E-state index contributed by atoms with van der Waals surface area (Å²) in [5, 5.41) is 10.7. The molecule has 1 aliphatic rings. The average Bonchev–Trinajstić information content (AvgIpc) is 3.25. The van der Waals surface area contributed by atoms with E-state index in [0.29, 0.717) is 11.6 Å². The van der Waals surface area contributed by atoms with Gasteiger partial charge in [-0.05, 0) is 61.7 Å². The number of carbonyl (C=O) groups excluding carboxylic acids is 1. The van der Waals surface area contributed by atoms with Crippen LogP contribution in [0.5, 0.6) is 0 Å². The van der Waals surface area contributed by atoms with Crippen LogP contribution in [-0.4, -0.2) is 26.7 Å². The molecule has 0 spiro atoms. The number of para-hydroxylation sites is 1. The van der Waals surface area contributed by atoms with Crippen LogP contribution >= 0.6 is 0 Å². The fraction of sp³-hybridized carbons (Fsp3) is 0.233. The zero-order valence-electron chi connectivity index (χ0n) is 20.4. The number of aromatic nitrogens is 3. The minimum absolute atomic E-state index is 0.357. The van der Waals surface area contributed by atoms with Crippen molar-refractivity contribution in [2.75, 3.05) is 5.32 Å². The van der Waals surface area contributed by atoms with Gasteiger partial charge in [0.1, 0.15) is 0 Å². The minimum atomic E-state index is -0.424. The van der Waals surface area contributed by atoms with Crippen LogP contribution in [0.15, 0.2) is 72.9 Å². The van der Waals surface area contributed by atoms with Crippen LogP contribution in [0.1, 0.15) is 48.2 Å². The molecule has 1 saturated carbocycles. The number of nitrogens with two attached hydrogens (primary N) is 1. The minimum Gasteiger partial charge on any atom is -0.382 e. The predicted molar refractivity (Wildman–Crippen MR) is 146 cm³/mol. The highest BCUT2D eigenvalue weighted by molar-refractivity contribution is 6.00. The van der Waals surface area contributed by atoms with Gasteiger partial charge >= 0.3 is 0 Å². The van der Waals surface area contributed by atoms with E-state index in [0.717, 1.165) is 62.8 Å². The van der Waals surface area contributed by atoms with Crippen LogP contribution < -0.4 is 11.1 Å². The molecule has 2 heterocycles. The fourth-order valence-corrected chi connectivity index (χ4v) is 5.47. The Morgan fingerprint density at radius 3 is 2.67 bits per heavy atom.